The second kappa shape index (κ2) is 20.1. The summed E-state index contributed by atoms with van der Waals surface area (Å²) < 4.78 is 11.3. The van der Waals surface area contributed by atoms with Crippen LogP contribution in [0.4, 0.5) is 5.13 Å². The van der Waals surface area contributed by atoms with Gasteiger partial charge in [-0.15, -0.1) is 23.1 Å². The number of aromatic nitrogens is 3. The molecule has 1 saturated heterocycles. The molecule has 0 radical (unpaired) electrons. The molecule has 0 spiro atoms. The molecule has 0 bridgehead atoms. The fraction of sp³-hybridized carbons (Fsp3) is 0.140. The summed E-state index contributed by atoms with van der Waals surface area (Å²) >= 11 is 5.38. The Balaban J connectivity index is 0.985. The Bertz CT molecular complexity index is 2780. The number of hydrogen-bond donors (Lipinski definition) is 2. The molecule has 2 unspecified atom stereocenters. The number of ether oxygens (including phenoxy) is 1. The molecular weight excluding hydrogens is 907 g/mol. The smallest absolute Gasteiger partial charge is 0.356 e. The zero-order valence-corrected chi connectivity index (χ0v) is 38.8. The van der Waals surface area contributed by atoms with Gasteiger partial charge in [0.2, 0.25) is 0 Å². The number of rotatable bonds is 16. The molecule has 16 heteroatoms. The van der Waals surface area contributed by atoms with Gasteiger partial charge < -0.3 is 20.2 Å². The van der Waals surface area contributed by atoms with E-state index in [1.165, 1.54) is 58.4 Å². The molecule has 0 aliphatic carbocycles. The van der Waals surface area contributed by atoms with Crippen LogP contribution in [0.5, 0.6) is 0 Å². The quantitative estimate of drug-likeness (QED) is 0.0239. The highest BCUT2D eigenvalue weighted by Gasteiger charge is 2.55. The highest BCUT2D eigenvalue weighted by Crippen LogP contribution is 2.43. The Kier molecular flexibility index (Phi) is 13.5. The van der Waals surface area contributed by atoms with Crippen molar-refractivity contribution in [2.24, 2.45) is 5.16 Å². The van der Waals surface area contributed by atoms with Crippen LogP contribution < -0.4 is 10.6 Å². The van der Waals surface area contributed by atoms with E-state index < -0.39 is 40.8 Å². The summed E-state index contributed by atoms with van der Waals surface area (Å²) in [4.78, 5) is 59.0. The van der Waals surface area contributed by atoms with Crippen molar-refractivity contribution in [2.75, 3.05) is 18.2 Å². The summed E-state index contributed by atoms with van der Waals surface area (Å²) in [5.74, 6) is -0.787. The largest absolute Gasteiger partial charge is 0.448 e. The maximum absolute atomic E-state index is 14.5. The molecule has 9 rings (SSSR count). The number of benzene rings is 5. The molecular formula is C50H41N7O5S4. The minimum Gasteiger partial charge on any atom is -0.448 e. The van der Waals surface area contributed by atoms with Gasteiger partial charge in [-0.05, 0) is 63.3 Å². The van der Waals surface area contributed by atoms with Crippen LogP contribution in [-0.4, -0.2) is 67.0 Å². The van der Waals surface area contributed by atoms with Crippen molar-refractivity contribution in [2.45, 2.75) is 34.3 Å². The SMILES string of the molecule is CON=C(C(=O)NC1C(=O)N2C(C(=O)OC(c3ccccc3)c3ccccc3)=C(C=CSc3nc(C)ns3)CSC12)c1csc(NC(c2ccccc2)(c2ccccc2)c2ccccc2)n1. The minimum atomic E-state index is -0.992. The number of oxime groups is 1. The third-order valence-electron chi connectivity index (χ3n) is 10.9. The molecule has 7 aromatic rings. The van der Waals surface area contributed by atoms with E-state index in [4.69, 9.17) is 14.6 Å². The normalized spacial score (nSPS) is 16.2. The first-order valence-corrected chi connectivity index (χ1v) is 24.4. The van der Waals surface area contributed by atoms with E-state index >= 15 is 0 Å². The third kappa shape index (κ3) is 9.17. The number of thioether (sulfide) groups is 2. The van der Waals surface area contributed by atoms with Gasteiger partial charge in [-0.25, -0.2) is 14.8 Å². The number of thiazole rings is 1. The van der Waals surface area contributed by atoms with Gasteiger partial charge in [0.25, 0.3) is 11.8 Å². The molecule has 0 saturated carbocycles. The average Bonchev–Trinajstić information content (AvgIpc) is 4.02. The third-order valence-corrected chi connectivity index (χ3v) is 14.7. The predicted molar refractivity (Wildman–Crippen MR) is 261 cm³/mol. The molecule has 330 valence electrons. The molecule has 2 aliphatic heterocycles. The molecule has 2 aliphatic rings. The monoisotopic (exact) mass is 947 g/mol. The molecule has 2 aromatic heterocycles. The lowest BCUT2D eigenvalue weighted by molar-refractivity contribution is -0.154. The lowest BCUT2D eigenvalue weighted by atomic mass is 9.77. The van der Waals surface area contributed by atoms with Crippen LogP contribution in [0.1, 0.15) is 45.4 Å². The van der Waals surface area contributed by atoms with E-state index in [-0.39, 0.29) is 17.1 Å². The van der Waals surface area contributed by atoms with Gasteiger partial charge in [-0.3, -0.25) is 14.5 Å². The topological polar surface area (TPSA) is 148 Å². The molecule has 66 heavy (non-hydrogen) atoms. The Morgan fingerprint density at radius 3 is 1.92 bits per heavy atom. The van der Waals surface area contributed by atoms with E-state index in [9.17, 15) is 14.4 Å². The van der Waals surface area contributed by atoms with Gasteiger partial charge in [0.1, 0.15) is 41.3 Å². The maximum Gasteiger partial charge on any atom is 0.356 e. The number of carbonyl (C=O) groups is 3. The van der Waals surface area contributed by atoms with Crippen molar-refractivity contribution in [1.29, 1.82) is 0 Å². The number of fused-ring (bicyclic) bond motifs is 1. The summed E-state index contributed by atoms with van der Waals surface area (Å²) in [6, 6.07) is 48.3. The van der Waals surface area contributed by atoms with Gasteiger partial charge in [0.05, 0.1) is 0 Å². The number of nitrogens with one attached hydrogen (secondary N) is 2. The average molecular weight is 948 g/mol. The first kappa shape index (κ1) is 44.4. The van der Waals surface area contributed by atoms with Crippen LogP contribution in [-0.2, 0) is 29.5 Å². The van der Waals surface area contributed by atoms with Crippen molar-refractivity contribution in [3.8, 4) is 0 Å². The first-order chi connectivity index (χ1) is 32.3. The predicted octanol–water partition coefficient (Wildman–Crippen LogP) is 9.35. The van der Waals surface area contributed by atoms with E-state index in [1.807, 2.05) is 128 Å². The molecule has 12 nitrogen and oxygen atoms in total. The van der Waals surface area contributed by atoms with Gasteiger partial charge in [0, 0.05) is 11.1 Å². The Labute approximate surface area is 398 Å². The summed E-state index contributed by atoms with van der Waals surface area (Å²) in [6.07, 6.45) is 1.06. The van der Waals surface area contributed by atoms with Crippen LogP contribution in [0.3, 0.4) is 0 Å². The van der Waals surface area contributed by atoms with Gasteiger partial charge in [0.15, 0.2) is 21.3 Å². The van der Waals surface area contributed by atoms with E-state index in [1.54, 1.807) is 11.5 Å². The standard InChI is InChI=1S/C50H41N7O5S4/c1-32-51-49(66-56-32)63-29-28-35-30-64-46-41(45(59)57(46)42(35)47(60)62-43(33-18-8-3-9-19-33)34-20-10-4-11-21-34)53-44(58)40(55-61-2)39-31-65-48(52-39)54-50(36-22-12-5-13-23-36,37-24-14-6-15-25-37)38-26-16-7-17-27-38/h3-29,31,41,43,46H,30H2,1-2H3,(H,52,54)(H,53,58). The Morgan fingerprint density at radius 1 is 0.833 bits per heavy atom. The van der Waals surface area contributed by atoms with Crippen LogP contribution in [0.15, 0.2) is 189 Å². The number of hydrogen-bond acceptors (Lipinski definition) is 14. The molecule has 1 fully saturated rings. The number of aryl methyl sites for hydroxylation is 1. The lowest BCUT2D eigenvalue weighted by Gasteiger charge is -2.49. The summed E-state index contributed by atoms with van der Waals surface area (Å²) in [6.45, 7) is 1.82. The molecule has 2 N–H and O–H groups in total. The molecule has 2 atom stereocenters. The number of nitrogens with zero attached hydrogens (tertiary/aromatic N) is 5. The van der Waals surface area contributed by atoms with Crippen molar-refractivity contribution < 1.29 is 24.0 Å². The van der Waals surface area contributed by atoms with Crippen molar-refractivity contribution in [3.63, 3.8) is 0 Å². The number of allylic oxidation sites excluding steroid dienone is 1. The number of anilines is 1. The number of esters is 1. The summed E-state index contributed by atoms with van der Waals surface area (Å²) in [5.41, 5.74) is 4.47. The van der Waals surface area contributed by atoms with Crippen molar-refractivity contribution >= 4 is 75.0 Å². The minimum absolute atomic E-state index is 0.108. The highest BCUT2D eigenvalue weighted by atomic mass is 32.2. The second-order valence-corrected chi connectivity index (χ2v) is 18.9. The number of β-lactam (4-membered cyclic amide) rings is 1. The van der Waals surface area contributed by atoms with Gasteiger partial charge in [-0.2, -0.15) is 4.37 Å². The van der Waals surface area contributed by atoms with E-state index in [0.717, 1.165) is 32.2 Å². The number of carbonyl (C=O) groups excluding carboxylic acids is 3. The lowest BCUT2D eigenvalue weighted by Crippen LogP contribution is -2.71. The van der Waals surface area contributed by atoms with Gasteiger partial charge >= 0.3 is 5.97 Å². The first-order valence-electron chi connectivity index (χ1n) is 20.8. The zero-order valence-electron chi connectivity index (χ0n) is 35.5. The van der Waals surface area contributed by atoms with Crippen LogP contribution in [0.25, 0.3) is 0 Å². The summed E-state index contributed by atoms with van der Waals surface area (Å²) in [7, 11) is 1.34. The van der Waals surface area contributed by atoms with E-state index in [0.29, 0.717) is 22.3 Å². The van der Waals surface area contributed by atoms with E-state index in [2.05, 4.69) is 61.5 Å². The van der Waals surface area contributed by atoms with Crippen LogP contribution in [0.2, 0.25) is 0 Å². The molecule has 5 aromatic carbocycles. The Morgan fingerprint density at radius 2 is 1.39 bits per heavy atom. The highest BCUT2D eigenvalue weighted by molar-refractivity contribution is 8.03. The number of amides is 2. The van der Waals surface area contributed by atoms with Crippen molar-refractivity contribution in [3.05, 3.63) is 219 Å². The molecule has 4 heterocycles. The van der Waals surface area contributed by atoms with Crippen molar-refractivity contribution in [1.82, 2.24) is 24.6 Å². The zero-order chi connectivity index (χ0) is 45.5. The van der Waals surface area contributed by atoms with Gasteiger partial charge in [-0.1, -0.05) is 169 Å². The fourth-order valence-electron chi connectivity index (χ4n) is 7.89. The summed E-state index contributed by atoms with van der Waals surface area (Å²) in [5, 5.41) is 14.2. The maximum atomic E-state index is 14.5. The second-order valence-electron chi connectivity index (χ2n) is 15.0. The molecule has 2 amide bonds. The fourth-order valence-corrected chi connectivity index (χ4v) is 11.4. The Hall–Kier alpha value is -6.85. The van der Waals surface area contributed by atoms with Crippen LogP contribution >= 0.6 is 46.4 Å². The van der Waals surface area contributed by atoms with Crippen LogP contribution in [0, 0.1) is 6.92 Å².